The molecule has 1 aromatic heterocycles. The van der Waals surface area contributed by atoms with Crippen molar-refractivity contribution in [3.63, 3.8) is 0 Å². The first-order chi connectivity index (χ1) is 23.4. The Morgan fingerprint density at radius 2 is 1.48 bits per heavy atom. The number of fused-ring (bicyclic) bond motifs is 2. The van der Waals surface area contributed by atoms with Gasteiger partial charge in [-0.25, -0.2) is 18.6 Å². The van der Waals surface area contributed by atoms with Gasteiger partial charge in [0.1, 0.15) is 0 Å². The maximum Gasteiger partial charge on any atom is -0.112 e. The molecule has 15 nitrogen and oxygen atoms in total. The Kier molecular flexibility index (Phi) is 15.7. The molecule has 3 aromatic rings. The van der Waals surface area contributed by atoms with Crippen molar-refractivity contribution in [2.75, 3.05) is 34.5 Å². The van der Waals surface area contributed by atoms with Crippen LogP contribution in [-0.4, -0.2) is 72.7 Å². The Balaban J connectivity index is 0.00000126. The molecule has 0 saturated heterocycles. The summed E-state index contributed by atoms with van der Waals surface area (Å²) < 4.78 is 99.9. The van der Waals surface area contributed by atoms with E-state index >= 15 is 0 Å². The van der Waals surface area contributed by atoms with Crippen molar-refractivity contribution in [3.8, 4) is 0 Å². The number of rotatable bonds is 16. The molecular weight excluding hydrogens is 846 g/mol. The van der Waals surface area contributed by atoms with Gasteiger partial charge in [0, 0.05) is 0 Å². The fourth-order valence-corrected chi connectivity index (χ4v) is 10.8. The van der Waals surface area contributed by atoms with Gasteiger partial charge >= 0.3 is 280 Å². The SMILES string of the molecule is CCCCNS(=O)(=O)Nc1ccc2c(c1)[Se]C(=CC=C(C=O)C=Cc1[se]c3cc(NS(=O)(=O)NCCCC)ccc3[n+]1C)N2C.[O-][Cl+3]([O-])([O-])[O-]. The summed E-state index contributed by atoms with van der Waals surface area (Å²) >= 11 is -0.156. The first-order valence-corrected chi connectivity index (χ1v) is 22.8. The summed E-state index contributed by atoms with van der Waals surface area (Å²) in [7, 11) is -8.30. The minimum Gasteiger partial charge on any atom is -0.222 e. The number of aryl methyl sites for hydroxylation is 1. The Labute approximate surface area is 306 Å². The van der Waals surface area contributed by atoms with E-state index in [1.165, 1.54) is 0 Å². The summed E-state index contributed by atoms with van der Waals surface area (Å²) in [6.07, 6.45) is 11.6. The third-order valence-electron chi connectivity index (χ3n) is 6.85. The molecule has 2 heterocycles. The molecular formula is C30H39ClN6O9S2Se2. The number of aromatic nitrogens is 1. The number of hydrogen-bond donors (Lipinski definition) is 4. The summed E-state index contributed by atoms with van der Waals surface area (Å²) in [5, 5.41) is 0. The predicted molar refractivity (Wildman–Crippen MR) is 184 cm³/mol. The molecule has 4 rings (SSSR count). The number of hydrogen-bond acceptors (Lipinski definition) is 10. The van der Waals surface area contributed by atoms with Gasteiger partial charge in [-0.2, -0.15) is 0 Å². The van der Waals surface area contributed by atoms with Crippen LogP contribution in [0.1, 0.15) is 44.1 Å². The van der Waals surface area contributed by atoms with Gasteiger partial charge in [0.15, 0.2) is 0 Å². The molecule has 0 bridgehead atoms. The Morgan fingerprint density at radius 1 is 0.920 bits per heavy atom. The van der Waals surface area contributed by atoms with Crippen molar-refractivity contribution in [1.82, 2.24) is 9.44 Å². The van der Waals surface area contributed by atoms with Gasteiger partial charge in [0.25, 0.3) is 0 Å². The Bertz CT molecular complexity index is 1960. The van der Waals surface area contributed by atoms with E-state index in [-0.39, 0.29) is 29.5 Å². The summed E-state index contributed by atoms with van der Waals surface area (Å²) in [5.41, 5.74) is 3.53. The van der Waals surface area contributed by atoms with Gasteiger partial charge < -0.3 is 0 Å². The second-order valence-electron chi connectivity index (χ2n) is 10.7. The van der Waals surface area contributed by atoms with Crippen molar-refractivity contribution < 1.29 is 55.1 Å². The maximum absolute atomic E-state index is 12.3. The van der Waals surface area contributed by atoms with Crippen LogP contribution in [0.5, 0.6) is 0 Å². The first-order valence-electron chi connectivity index (χ1n) is 15.1. The normalized spacial score (nSPS) is 14.6. The van der Waals surface area contributed by atoms with Crippen LogP contribution in [0.3, 0.4) is 0 Å². The quantitative estimate of drug-likeness (QED) is 0.0296. The zero-order chi connectivity index (χ0) is 37.1. The second kappa shape index (κ2) is 18.8. The smallest absolute Gasteiger partial charge is 0.112 e. The number of nitrogens with one attached hydrogen (secondary N) is 4. The third kappa shape index (κ3) is 13.5. The van der Waals surface area contributed by atoms with Crippen LogP contribution < -0.4 is 51.5 Å². The van der Waals surface area contributed by atoms with Gasteiger partial charge in [0.2, 0.25) is 0 Å². The minimum atomic E-state index is -4.94. The van der Waals surface area contributed by atoms with Gasteiger partial charge in [0.05, 0.1) is 0 Å². The van der Waals surface area contributed by atoms with E-state index < -0.39 is 30.7 Å². The number of aldehydes is 1. The van der Waals surface area contributed by atoms with Gasteiger partial charge in [-0.1, -0.05) is 0 Å². The van der Waals surface area contributed by atoms with E-state index in [1.807, 2.05) is 64.4 Å². The van der Waals surface area contributed by atoms with E-state index in [4.69, 9.17) is 18.6 Å². The number of carbonyl (C=O) groups excluding carboxylic acids is 1. The average Bonchev–Trinajstić information content (AvgIpc) is 3.50. The summed E-state index contributed by atoms with van der Waals surface area (Å²) in [4.78, 5) is 14.0. The molecule has 0 unspecified atom stereocenters. The first kappa shape index (κ1) is 41.8. The van der Waals surface area contributed by atoms with Crippen LogP contribution in [-0.2, 0) is 32.3 Å². The van der Waals surface area contributed by atoms with Crippen molar-refractivity contribution in [2.24, 2.45) is 7.05 Å². The second-order valence-corrected chi connectivity index (χ2v) is 18.9. The fourth-order valence-electron chi connectivity index (χ4n) is 4.38. The predicted octanol–water partition coefficient (Wildman–Crippen LogP) is -2.48. The molecule has 0 aliphatic carbocycles. The number of benzene rings is 2. The molecule has 0 amide bonds. The van der Waals surface area contributed by atoms with Crippen LogP contribution in [0.4, 0.5) is 17.1 Å². The number of allylic oxidation sites excluding steroid dienone is 4. The molecule has 50 heavy (non-hydrogen) atoms. The Morgan fingerprint density at radius 3 is 2.04 bits per heavy atom. The zero-order valence-electron chi connectivity index (χ0n) is 27.7. The third-order valence-corrected chi connectivity index (χ3v) is 13.9. The van der Waals surface area contributed by atoms with Crippen LogP contribution in [0.15, 0.2) is 64.8 Å². The van der Waals surface area contributed by atoms with Crippen LogP contribution in [0, 0.1) is 10.2 Å². The molecule has 0 spiro atoms. The van der Waals surface area contributed by atoms with Gasteiger partial charge in [-0.05, 0) is 0 Å². The number of nitrogens with zero attached hydrogens (tertiary/aromatic N) is 2. The number of carbonyl (C=O) groups is 1. The zero-order valence-corrected chi connectivity index (χ0v) is 33.5. The molecule has 4 N–H and O–H groups in total. The molecule has 0 fully saturated rings. The molecule has 0 saturated carbocycles. The molecule has 20 heteroatoms. The number of anilines is 3. The summed E-state index contributed by atoms with van der Waals surface area (Å²) in [5.74, 6) is 0. The van der Waals surface area contributed by atoms with Crippen LogP contribution in [0.2, 0.25) is 0 Å². The van der Waals surface area contributed by atoms with E-state index in [0.717, 1.165) is 61.1 Å². The van der Waals surface area contributed by atoms with Gasteiger partial charge in [-0.15, -0.1) is 10.2 Å². The largest absolute Gasteiger partial charge is 0.222 e. The number of halogens is 1. The fraction of sp³-hybridized carbons (Fsp3) is 0.333. The monoisotopic (exact) mass is 886 g/mol. The number of unbranched alkanes of at least 4 members (excludes halogenated alkanes) is 2. The van der Waals surface area contributed by atoms with Crippen molar-refractivity contribution in [1.29, 1.82) is 0 Å². The van der Waals surface area contributed by atoms with Crippen LogP contribution >= 0.6 is 0 Å². The van der Waals surface area contributed by atoms with Crippen molar-refractivity contribution >= 4 is 93.5 Å². The summed E-state index contributed by atoms with van der Waals surface area (Å²) in [6.45, 7) is 4.79. The topological polar surface area (TPSA) is 233 Å². The van der Waals surface area contributed by atoms with E-state index in [0.29, 0.717) is 30.0 Å². The molecule has 2 aromatic carbocycles. The average molecular weight is 885 g/mol. The molecule has 0 radical (unpaired) electrons. The van der Waals surface area contributed by atoms with E-state index in [1.54, 1.807) is 24.3 Å². The molecule has 274 valence electrons. The molecule has 1 aliphatic rings. The minimum absolute atomic E-state index is 0.0781. The van der Waals surface area contributed by atoms with E-state index in [2.05, 4.69) is 28.4 Å². The van der Waals surface area contributed by atoms with Crippen LogP contribution in [0.25, 0.3) is 15.9 Å². The standard InChI is InChI=1S/C30H39N6O5S2Se2.ClHO4/c1-5-7-17-31-42(38,39)33-23-11-13-25-27(19-23)44-29(35(25)3)15-9-22(21-37)10-16-30-36(4)26-14-12-24(20-28(26)45-30)34-43(40,41)32-18-8-6-2;2-1(3,4)5/h9-16,19-21,31-34H,5-8,17-18H2,1-4H3;(H,2,3,4,5)/q+1;/p-1. The summed E-state index contributed by atoms with van der Waals surface area (Å²) in [6, 6.07) is 11.0. The maximum atomic E-state index is 12.3. The van der Waals surface area contributed by atoms with E-state index in [9.17, 15) is 21.6 Å². The van der Waals surface area contributed by atoms with Gasteiger partial charge in [-0.3, -0.25) is 0 Å². The molecule has 0 atom stereocenters. The van der Waals surface area contributed by atoms with Crippen molar-refractivity contribution in [3.05, 3.63) is 69.4 Å². The Hall–Kier alpha value is -2.61. The van der Waals surface area contributed by atoms with Crippen molar-refractivity contribution in [2.45, 2.75) is 39.5 Å². The molecule has 1 aliphatic heterocycles.